The summed E-state index contributed by atoms with van der Waals surface area (Å²) in [7, 11) is 0. The summed E-state index contributed by atoms with van der Waals surface area (Å²) in [5, 5.41) is 2.79. The van der Waals surface area contributed by atoms with Gasteiger partial charge in [-0.2, -0.15) is 0 Å². The van der Waals surface area contributed by atoms with Crippen LogP contribution in [0.4, 0.5) is 0 Å². The first-order chi connectivity index (χ1) is 14.6. The molecule has 0 aromatic carbocycles. The number of esters is 3. The number of thiazole rings is 1. The Morgan fingerprint density at radius 3 is 2.45 bits per heavy atom. The van der Waals surface area contributed by atoms with Gasteiger partial charge in [-0.3, -0.25) is 9.59 Å². The standard InChI is InChI=1S/C22H25NO7S/c1-13(10-17-12-31-16(4)23-17)19-6-5-7-20(25)29-15(3)18(24)8-9-21(26)28-14(2)11-22(27)30-19/h5,7-10,12,14-15,19H,6,11H2,1-4H3/b7-5+,9-8+,13-10+/t14-,15-,19-/m0/s1. The van der Waals surface area contributed by atoms with E-state index in [9.17, 15) is 19.2 Å². The smallest absolute Gasteiger partial charge is 0.331 e. The highest BCUT2D eigenvalue weighted by atomic mass is 32.1. The molecule has 0 amide bonds. The highest BCUT2D eigenvalue weighted by molar-refractivity contribution is 7.09. The number of aryl methyl sites for hydroxylation is 1. The number of ketones is 1. The average molecular weight is 448 g/mol. The van der Waals surface area contributed by atoms with E-state index in [0.717, 1.165) is 28.4 Å². The Hall–Kier alpha value is -3.07. The number of nitrogens with zero attached hydrogens (tertiary/aromatic N) is 1. The normalized spacial score (nSPS) is 26.6. The van der Waals surface area contributed by atoms with Crippen molar-refractivity contribution < 1.29 is 33.4 Å². The molecule has 0 radical (unpaired) electrons. The lowest BCUT2D eigenvalue weighted by atomic mass is 10.1. The third-order valence-corrected chi connectivity index (χ3v) is 5.04. The fourth-order valence-corrected chi connectivity index (χ4v) is 3.24. The largest absolute Gasteiger partial charge is 0.459 e. The van der Waals surface area contributed by atoms with Gasteiger partial charge in [0.1, 0.15) is 12.2 Å². The van der Waals surface area contributed by atoms with Crippen LogP contribution in [0.1, 0.15) is 44.3 Å². The Morgan fingerprint density at radius 1 is 1.06 bits per heavy atom. The lowest BCUT2D eigenvalue weighted by molar-refractivity contribution is -0.153. The van der Waals surface area contributed by atoms with E-state index in [4.69, 9.17) is 14.2 Å². The second-order valence-electron chi connectivity index (χ2n) is 7.06. The molecule has 8 nitrogen and oxygen atoms in total. The highest BCUT2D eigenvalue weighted by Crippen LogP contribution is 2.19. The number of cyclic esters (lactones) is 3. The molecule has 0 spiro atoms. The molecule has 2 heterocycles. The van der Waals surface area contributed by atoms with Crippen LogP contribution in [0.15, 0.2) is 35.3 Å². The maximum atomic E-state index is 12.4. The Bertz CT molecular complexity index is 928. The van der Waals surface area contributed by atoms with Gasteiger partial charge in [-0.25, -0.2) is 14.6 Å². The average Bonchev–Trinajstić information content (AvgIpc) is 3.08. The molecule has 166 valence electrons. The lowest BCUT2D eigenvalue weighted by Crippen LogP contribution is -2.25. The molecule has 3 atom stereocenters. The summed E-state index contributed by atoms with van der Waals surface area (Å²) < 4.78 is 15.7. The Balaban J connectivity index is 2.24. The van der Waals surface area contributed by atoms with Gasteiger partial charge in [-0.05, 0) is 45.4 Å². The summed E-state index contributed by atoms with van der Waals surface area (Å²) >= 11 is 1.50. The summed E-state index contributed by atoms with van der Waals surface area (Å²) in [6, 6.07) is 0. The molecule has 0 saturated heterocycles. The third kappa shape index (κ3) is 8.29. The monoisotopic (exact) mass is 447 g/mol. The topological polar surface area (TPSA) is 109 Å². The van der Waals surface area contributed by atoms with Crippen LogP contribution in [0, 0.1) is 6.92 Å². The maximum Gasteiger partial charge on any atom is 0.331 e. The second kappa shape index (κ2) is 11.4. The van der Waals surface area contributed by atoms with Gasteiger partial charge in [-0.15, -0.1) is 11.3 Å². The summed E-state index contributed by atoms with van der Waals surface area (Å²) in [4.78, 5) is 52.5. The van der Waals surface area contributed by atoms with Crippen molar-refractivity contribution >= 4 is 41.1 Å². The van der Waals surface area contributed by atoms with Crippen LogP contribution in [-0.4, -0.2) is 47.0 Å². The van der Waals surface area contributed by atoms with Gasteiger partial charge >= 0.3 is 17.9 Å². The van der Waals surface area contributed by atoms with E-state index in [-0.39, 0.29) is 12.8 Å². The zero-order chi connectivity index (χ0) is 23.0. The van der Waals surface area contributed by atoms with Crippen molar-refractivity contribution in [2.24, 2.45) is 0 Å². The summed E-state index contributed by atoms with van der Waals surface area (Å²) in [5.74, 6) is -2.64. The van der Waals surface area contributed by atoms with E-state index in [0.29, 0.717) is 0 Å². The van der Waals surface area contributed by atoms with E-state index in [2.05, 4.69) is 4.98 Å². The number of rotatable bonds is 2. The molecule has 1 aromatic heterocycles. The molecule has 1 aliphatic rings. The molecule has 0 aliphatic carbocycles. The molecule has 1 aliphatic heterocycles. The molecular formula is C22H25NO7S. The molecule has 0 fully saturated rings. The van der Waals surface area contributed by atoms with Crippen molar-refractivity contribution in [1.82, 2.24) is 4.98 Å². The van der Waals surface area contributed by atoms with Crippen molar-refractivity contribution in [3.63, 3.8) is 0 Å². The van der Waals surface area contributed by atoms with Gasteiger partial charge < -0.3 is 14.2 Å². The van der Waals surface area contributed by atoms with Gasteiger partial charge in [0.05, 0.1) is 17.1 Å². The number of hydrogen-bond acceptors (Lipinski definition) is 9. The number of carbonyl (C=O) groups is 4. The lowest BCUT2D eigenvalue weighted by Gasteiger charge is -2.19. The van der Waals surface area contributed by atoms with E-state index in [1.165, 1.54) is 30.4 Å². The number of ether oxygens (including phenoxy) is 3. The van der Waals surface area contributed by atoms with Gasteiger partial charge in [0.25, 0.3) is 0 Å². The Morgan fingerprint density at radius 2 is 1.77 bits per heavy atom. The zero-order valence-corrected chi connectivity index (χ0v) is 18.6. The van der Waals surface area contributed by atoms with Gasteiger partial charge in [0.15, 0.2) is 11.9 Å². The Kier molecular flexibility index (Phi) is 8.87. The van der Waals surface area contributed by atoms with Gasteiger partial charge in [0.2, 0.25) is 0 Å². The minimum atomic E-state index is -1.06. The summed E-state index contributed by atoms with van der Waals surface area (Å²) in [6.07, 6.45) is 4.00. The fraction of sp³-hybridized carbons (Fsp3) is 0.409. The van der Waals surface area contributed by atoms with E-state index < -0.39 is 42.0 Å². The van der Waals surface area contributed by atoms with Crippen LogP contribution >= 0.6 is 11.3 Å². The highest BCUT2D eigenvalue weighted by Gasteiger charge is 2.21. The van der Waals surface area contributed by atoms with Crippen LogP contribution in [0.2, 0.25) is 0 Å². The predicted octanol–water partition coefficient (Wildman–Crippen LogP) is 3.11. The second-order valence-corrected chi connectivity index (χ2v) is 8.12. The SMILES string of the molecule is C/C(=C\c1csc(C)n1)[C@@H]1C/C=C/C(=O)O[C@@H](C)C(=O)/C=C/C(=O)O[C@@H](C)CC(=O)O1. The summed E-state index contributed by atoms with van der Waals surface area (Å²) in [5.41, 5.74) is 1.47. The molecule has 0 unspecified atom stereocenters. The first-order valence-corrected chi connectivity index (χ1v) is 10.6. The zero-order valence-electron chi connectivity index (χ0n) is 17.8. The van der Waals surface area contributed by atoms with E-state index in [1.54, 1.807) is 19.9 Å². The van der Waals surface area contributed by atoms with Crippen molar-refractivity contribution in [3.05, 3.63) is 46.0 Å². The minimum Gasteiger partial charge on any atom is -0.459 e. The van der Waals surface area contributed by atoms with E-state index >= 15 is 0 Å². The first-order valence-electron chi connectivity index (χ1n) is 9.73. The van der Waals surface area contributed by atoms with Gasteiger partial charge in [0, 0.05) is 24.0 Å². The number of aromatic nitrogens is 1. The summed E-state index contributed by atoms with van der Waals surface area (Å²) in [6.45, 7) is 6.65. The van der Waals surface area contributed by atoms with Crippen LogP contribution in [0.3, 0.4) is 0 Å². The van der Waals surface area contributed by atoms with Crippen LogP contribution in [0.25, 0.3) is 6.08 Å². The molecule has 0 bridgehead atoms. The first kappa shape index (κ1) is 24.2. The quantitative estimate of drug-likeness (QED) is 0.503. The van der Waals surface area contributed by atoms with Crippen molar-refractivity contribution in [2.75, 3.05) is 0 Å². The maximum absolute atomic E-state index is 12.4. The van der Waals surface area contributed by atoms with Crippen LogP contribution in [0.5, 0.6) is 0 Å². The van der Waals surface area contributed by atoms with Crippen molar-refractivity contribution in [1.29, 1.82) is 0 Å². The molecule has 0 saturated carbocycles. The molecule has 31 heavy (non-hydrogen) atoms. The molecule has 0 N–H and O–H groups in total. The van der Waals surface area contributed by atoms with Gasteiger partial charge in [-0.1, -0.05) is 6.08 Å². The molecule has 1 aromatic rings. The van der Waals surface area contributed by atoms with E-state index in [1.807, 2.05) is 12.3 Å². The Labute approximate surface area is 184 Å². The molecule has 9 heteroatoms. The third-order valence-electron chi connectivity index (χ3n) is 4.25. The fourth-order valence-electron chi connectivity index (χ4n) is 2.67. The number of hydrogen-bond donors (Lipinski definition) is 0. The van der Waals surface area contributed by atoms with Crippen LogP contribution < -0.4 is 0 Å². The van der Waals surface area contributed by atoms with Crippen LogP contribution in [-0.2, 0) is 33.4 Å². The molecule has 2 rings (SSSR count). The minimum absolute atomic E-state index is 0.157. The van der Waals surface area contributed by atoms with Crippen molar-refractivity contribution in [3.8, 4) is 0 Å². The number of carbonyl (C=O) groups excluding carboxylic acids is 4. The molecular weight excluding hydrogens is 422 g/mol. The van der Waals surface area contributed by atoms with Crippen molar-refractivity contribution in [2.45, 2.75) is 58.8 Å². The predicted molar refractivity (Wildman–Crippen MR) is 114 cm³/mol.